The van der Waals surface area contributed by atoms with E-state index in [0.717, 1.165) is 10.0 Å². The molecular formula is C11H14BrNO2. The van der Waals surface area contributed by atoms with Gasteiger partial charge in [0.05, 0.1) is 7.11 Å². The van der Waals surface area contributed by atoms with Gasteiger partial charge in [-0.3, -0.25) is 4.79 Å². The largest absolute Gasteiger partial charge is 0.468 e. The zero-order chi connectivity index (χ0) is 11.5. The van der Waals surface area contributed by atoms with Crippen LogP contribution in [0.5, 0.6) is 0 Å². The summed E-state index contributed by atoms with van der Waals surface area (Å²) in [7, 11) is 1.34. The maximum atomic E-state index is 11.4. The summed E-state index contributed by atoms with van der Waals surface area (Å²) in [6.07, 6.45) is 0.446. The van der Waals surface area contributed by atoms with Crippen molar-refractivity contribution in [2.24, 2.45) is 5.73 Å². The molecule has 1 aromatic rings. The van der Waals surface area contributed by atoms with Crippen LogP contribution >= 0.6 is 15.9 Å². The highest BCUT2D eigenvalue weighted by atomic mass is 79.9. The first-order chi connectivity index (χ1) is 6.97. The molecule has 0 amide bonds. The number of esters is 1. The van der Waals surface area contributed by atoms with Gasteiger partial charge in [-0.1, -0.05) is 34.1 Å². The smallest absolute Gasteiger partial charge is 0.325 e. The summed E-state index contributed by atoms with van der Waals surface area (Å²) >= 11 is 3.41. The Balaban J connectivity index is 2.86. The molecule has 15 heavy (non-hydrogen) atoms. The number of halogens is 1. The van der Waals surface area contributed by atoms with Crippen molar-refractivity contribution in [1.29, 1.82) is 0 Å². The zero-order valence-corrected chi connectivity index (χ0v) is 10.4. The average Bonchev–Trinajstić information content (AvgIpc) is 2.20. The fraction of sp³-hybridized carbons (Fsp3) is 0.364. The number of methoxy groups -OCH3 is 1. The molecule has 0 bridgehead atoms. The lowest BCUT2D eigenvalue weighted by atomic mass is 9.94. The van der Waals surface area contributed by atoms with Gasteiger partial charge in [0, 0.05) is 10.9 Å². The molecule has 82 valence electrons. The summed E-state index contributed by atoms with van der Waals surface area (Å²) in [4.78, 5) is 11.4. The van der Waals surface area contributed by atoms with E-state index in [2.05, 4.69) is 20.7 Å². The van der Waals surface area contributed by atoms with Crippen molar-refractivity contribution in [2.45, 2.75) is 18.9 Å². The van der Waals surface area contributed by atoms with Crippen LogP contribution in [-0.2, 0) is 16.0 Å². The molecule has 0 aromatic heterocycles. The van der Waals surface area contributed by atoms with Gasteiger partial charge in [0.25, 0.3) is 0 Å². The molecule has 0 fully saturated rings. The van der Waals surface area contributed by atoms with Crippen LogP contribution in [0, 0.1) is 0 Å². The first-order valence-electron chi connectivity index (χ1n) is 4.58. The zero-order valence-electron chi connectivity index (χ0n) is 8.79. The lowest BCUT2D eigenvalue weighted by Crippen LogP contribution is -2.47. The maximum absolute atomic E-state index is 11.4. The lowest BCUT2D eigenvalue weighted by Gasteiger charge is -2.21. The fourth-order valence-electron chi connectivity index (χ4n) is 1.34. The summed E-state index contributed by atoms with van der Waals surface area (Å²) in [6.45, 7) is 1.66. The van der Waals surface area contributed by atoms with Gasteiger partial charge in [-0.05, 0) is 18.6 Å². The molecule has 0 aliphatic rings. The van der Waals surface area contributed by atoms with E-state index in [1.165, 1.54) is 7.11 Å². The molecule has 0 saturated carbocycles. The SMILES string of the molecule is COC(=O)C(C)(N)Cc1ccccc1Br. The summed E-state index contributed by atoms with van der Waals surface area (Å²) in [5.74, 6) is -0.404. The van der Waals surface area contributed by atoms with Gasteiger partial charge in [-0.2, -0.15) is 0 Å². The van der Waals surface area contributed by atoms with E-state index < -0.39 is 11.5 Å². The molecule has 3 nitrogen and oxygen atoms in total. The number of carbonyl (C=O) groups excluding carboxylic acids is 1. The van der Waals surface area contributed by atoms with E-state index in [4.69, 9.17) is 5.73 Å². The van der Waals surface area contributed by atoms with Crippen LogP contribution < -0.4 is 5.73 Å². The molecule has 1 rings (SSSR count). The Kier molecular flexibility index (Phi) is 3.88. The molecule has 0 radical (unpaired) electrons. The van der Waals surface area contributed by atoms with Crippen LogP contribution in [0.25, 0.3) is 0 Å². The molecular weight excluding hydrogens is 258 g/mol. The Bertz CT molecular complexity index is 363. The third-order valence-corrected chi connectivity index (χ3v) is 2.94. The van der Waals surface area contributed by atoms with Gasteiger partial charge >= 0.3 is 5.97 Å². The second-order valence-corrected chi connectivity index (χ2v) is 4.53. The minimum atomic E-state index is -0.987. The molecule has 0 spiro atoms. The van der Waals surface area contributed by atoms with Crippen LogP contribution in [0.1, 0.15) is 12.5 Å². The van der Waals surface area contributed by atoms with E-state index in [1.54, 1.807) is 6.92 Å². The van der Waals surface area contributed by atoms with Crippen molar-refractivity contribution in [2.75, 3.05) is 7.11 Å². The highest BCUT2D eigenvalue weighted by Gasteiger charge is 2.30. The van der Waals surface area contributed by atoms with Crippen LogP contribution in [0.15, 0.2) is 28.7 Å². The van der Waals surface area contributed by atoms with Gasteiger partial charge in [0.2, 0.25) is 0 Å². The van der Waals surface area contributed by atoms with Crippen LogP contribution in [-0.4, -0.2) is 18.6 Å². The van der Waals surface area contributed by atoms with Crippen LogP contribution in [0.4, 0.5) is 0 Å². The molecule has 4 heteroatoms. The number of nitrogens with two attached hydrogens (primary N) is 1. The Hall–Kier alpha value is -0.870. The number of benzene rings is 1. The highest BCUT2D eigenvalue weighted by molar-refractivity contribution is 9.10. The van der Waals surface area contributed by atoms with Gasteiger partial charge < -0.3 is 10.5 Å². The van der Waals surface area contributed by atoms with E-state index in [9.17, 15) is 4.79 Å². The van der Waals surface area contributed by atoms with Crippen molar-refractivity contribution < 1.29 is 9.53 Å². The Labute approximate surface area is 97.7 Å². The minimum absolute atomic E-state index is 0.404. The molecule has 1 aromatic carbocycles. The third-order valence-electron chi connectivity index (χ3n) is 2.17. The second-order valence-electron chi connectivity index (χ2n) is 3.68. The standard InChI is InChI=1S/C11H14BrNO2/c1-11(13,10(14)15-2)7-8-5-3-4-6-9(8)12/h3-6H,7,13H2,1-2H3. The molecule has 1 atom stereocenters. The van der Waals surface area contributed by atoms with Crippen molar-refractivity contribution in [1.82, 2.24) is 0 Å². The topological polar surface area (TPSA) is 52.3 Å². The van der Waals surface area contributed by atoms with E-state index >= 15 is 0 Å². The Morgan fingerprint density at radius 2 is 2.13 bits per heavy atom. The minimum Gasteiger partial charge on any atom is -0.468 e. The molecule has 0 saturated heterocycles. The molecule has 0 heterocycles. The van der Waals surface area contributed by atoms with Crippen molar-refractivity contribution in [3.05, 3.63) is 34.3 Å². The summed E-state index contributed by atoms with van der Waals surface area (Å²) in [5, 5.41) is 0. The van der Waals surface area contributed by atoms with E-state index in [-0.39, 0.29) is 0 Å². The van der Waals surface area contributed by atoms with Crippen molar-refractivity contribution in [3.63, 3.8) is 0 Å². The number of rotatable bonds is 3. The summed E-state index contributed by atoms with van der Waals surface area (Å²) in [6, 6.07) is 7.67. The van der Waals surface area contributed by atoms with Gasteiger partial charge in [-0.25, -0.2) is 0 Å². The predicted octanol–water partition coefficient (Wildman–Crippen LogP) is 1.88. The van der Waals surface area contributed by atoms with Gasteiger partial charge in [0.15, 0.2) is 0 Å². The second kappa shape index (κ2) is 4.77. The monoisotopic (exact) mass is 271 g/mol. The maximum Gasteiger partial charge on any atom is 0.325 e. The van der Waals surface area contributed by atoms with Crippen molar-refractivity contribution >= 4 is 21.9 Å². The lowest BCUT2D eigenvalue weighted by molar-refractivity contribution is -0.146. The van der Waals surface area contributed by atoms with Crippen LogP contribution in [0.2, 0.25) is 0 Å². The number of hydrogen-bond donors (Lipinski definition) is 1. The number of hydrogen-bond acceptors (Lipinski definition) is 3. The Morgan fingerprint density at radius 3 is 2.67 bits per heavy atom. The quantitative estimate of drug-likeness (QED) is 0.855. The van der Waals surface area contributed by atoms with Gasteiger partial charge in [0.1, 0.15) is 5.54 Å². The molecule has 1 unspecified atom stereocenters. The number of carbonyl (C=O) groups is 1. The molecule has 2 N–H and O–H groups in total. The van der Waals surface area contributed by atoms with Gasteiger partial charge in [-0.15, -0.1) is 0 Å². The van der Waals surface area contributed by atoms with Crippen molar-refractivity contribution in [3.8, 4) is 0 Å². The number of ether oxygens (including phenoxy) is 1. The third kappa shape index (κ3) is 3.04. The van der Waals surface area contributed by atoms with E-state index in [0.29, 0.717) is 6.42 Å². The summed E-state index contributed by atoms with van der Waals surface area (Å²) < 4.78 is 5.60. The first-order valence-corrected chi connectivity index (χ1v) is 5.37. The molecule has 0 aliphatic carbocycles. The van der Waals surface area contributed by atoms with Crippen LogP contribution in [0.3, 0.4) is 0 Å². The fourth-order valence-corrected chi connectivity index (χ4v) is 1.77. The first kappa shape index (κ1) is 12.2. The highest BCUT2D eigenvalue weighted by Crippen LogP contribution is 2.20. The van der Waals surface area contributed by atoms with E-state index in [1.807, 2.05) is 24.3 Å². The average molecular weight is 272 g/mol. The predicted molar refractivity (Wildman–Crippen MR) is 62.5 cm³/mol. The Morgan fingerprint density at radius 1 is 1.53 bits per heavy atom. The normalized spacial score (nSPS) is 14.4. The molecule has 0 aliphatic heterocycles. The summed E-state index contributed by atoms with van der Waals surface area (Å²) in [5.41, 5.74) is 5.88.